The van der Waals surface area contributed by atoms with Crippen molar-refractivity contribution in [3.63, 3.8) is 0 Å². The number of methoxy groups -OCH3 is 3. The fourth-order valence-corrected chi connectivity index (χ4v) is 10.7. The summed E-state index contributed by atoms with van der Waals surface area (Å²) in [4.78, 5) is 2.52. The number of rotatable bonds is 5. The molecule has 0 radical (unpaired) electrons. The topological polar surface area (TPSA) is 91.6 Å². The summed E-state index contributed by atoms with van der Waals surface area (Å²) < 4.78 is 18.0. The van der Waals surface area contributed by atoms with Crippen molar-refractivity contribution in [2.45, 2.75) is 68.7 Å². The normalized spacial score (nSPS) is 61.6. The molecule has 6 aliphatic rings. The van der Waals surface area contributed by atoms with Crippen LogP contribution in [0.4, 0.5) is 0 Å². The summed E-state index contributed by atoms with van der Waals surface area (Å²) in [5.74, 6) is -0.168. The maximum absolute atomic E-state index is 12.5. The quantitative estimate of drug-likeness (QED) is 0.577. The summed E-state index contributed by atoms with van der Waals surface area (Å²) in [5.41, 5.74) is -1.54. The minimum Gasteiger partial charge on any atom is -0.392 e. The zero-order valence-corrected chi connectivity index (χ0v) is 19.2. The molecule has 1 aliphatic heterocycles. The van der Waals surface area contributed by atoms with E-state index >= 15 is 0 Å². The number of hydrogen-bond acceptors (Lipinski definition) is 7. The first-order valence-electron chi connectivity index (χ1n) is 12.2. The third kappa shape index (κ3) is 2.12. The van der Waals surface area contributed by atoms with Crippen molar-refractivity contribution in [2.75, 3.05) is 41.0 Å². The van der Waals surface area contributed by atoms with Gasteiger partial charge >= 0.3 is 0 Å². The fourth-order valence-electron chi connectivity index (χ4n) is 10.7. The van der Waals surface area contributed by atoms with E-state index in [-0.39, 0.29) is 58.7 Å². The molecule has 13 atom stereocenters. The number of fused-ring (bicyclic) bond motifs is 2. The number of nitrogens with zero attached hydrogens (tertiary/aromatic N) is 1. The number of piperidine rings is 1. The van der Waals surface area contributed by atoms with Crippen molar-refractivity contribution in [3.8, 4) is 0 Å². The van der Waals surface area contributed by atoms with Crippen LogP contribution in [0.3, 0.4) is 0 Å². The van der Waals surface area contributed by atoms with Crippen molar-refractivity contribution >= 4 is 0 Å². The summed E-state index contributed by atoms with van der Waals surface area (Å²) in [6, 6.07) is 0.0561. The van der Waals surface area contributed by atoms with Crippen molar-refractivity contribution in [1.29, 1.82) is 0 Å². The molecule has 0 aromatic rings. The van der Waals surface area contributed by atoms with Crippen LogP contribution in [0.2, 0.25) is 0 Å². The molecule has 7 bridgehead atoms. The largest absolute Gasteiger partial charge is 0.392 e. The lowest BCUT2D eigenvalue weighted by Gasteiger charge is -2.68. The van der Waals surface area contributed by atoms with E-state index in [1.165, 1.54) is 0 Å². The highest BCUT2D eigenvalue weighted by Crippen LogP contribution is 2.79. The molecule has 31 heavy (non-hydrogen) atoms. The Hall–Kier alpha value is -0.280. The molecule has 1 heterocycles. The van der Waals surface area contributed by atoms with E-state index < -0.39 is 17.8 Å². The highest BCUT2D eigenvalue weighted by atomic mass is 16.5. The van der Waals surface area contributed by atoms with Crippen LogP contribution in [0.1, 0.15) is 32.6 Å². The molecular formula is C24H39NO6. The molecule has 7 heteroatoms. The van der Waals surface area contributed by atoms with Crippen molar-refractivity contribution in [3.05, 3.63) is 0 Å². The summed E-state index contributed by atoms with van der Waals surface area (Å²) in [7, 11) is 5.24. The monoisotopic (exact) mass is 437 g/mol. The van der Waals surface area contributed by atoms with Gasteiger partial charge in [0, 0.05) is 74.8 Å². The van der Waals surface area contributed by atoms with Gasteiger partial charge in [0.15, 0.2) is 0 Å². The van der Waals surface area contributed by atoms with Crippen LogP contribution in [-0.4, -0.2) is 97.3 Å². The van der Waals surface area contributed by atoms with Crippen LogP contribution >= 0.6 is 0 Å². The van der Waals surface area contributed by atoms with Crippen LogP contribution in [0.15, 0.2) is 0 Å². The maximum Gasteiger partial charge on any atom is 0.0796 e. The minimum atomic E-state index is -1.05. The molecule has 0 aromatic heterocycles. The molecule has 6 rings (SSSR count). The van der Waals surface area contributed by atoms with Gasteiger partial charge in [0.1, 0.15) is 0 Å². The highest BCUT2D eigenvalue weighted by Gasteiger charge is 2.86. The Kier molecular flexibility index (Phi) is 4.56. The molecule has 5 saturated carbocycles. The first-order chi connectivity index (χ1) is 14.9. The predicted octanol–water partition coefficient (Wildman–Crippen LogP) is 0.502. The summed E-state index contributed by atoms with van der Waals surface area (Å²) in [6.07, 6.45) is 1.65. The number of hydrogen-bond donors (Lipinski definition) is 3. The lowest BCUT2D eigenvalue weighted by atomic mass is 9.43. The number of aliphatic hydroxyl groups is 3. The molecule has 176 valence electrons. The zero-order valence-electron chi connectivity index (χ0n) is 19.2. The van der Waals surface area contributed by atoms with Gasteiger partial charge < -0.3 is 29.5 Å². The Morgan fingerprint density at radius 3 is 2.52 bits per heavy atom. The van der Waals surface area contributed by atoms with Gasteiger partial charge in [0.25, 0.3) is 0 Å². The van der Waals surface area contributed by atoms with Gasteiger partial charge in [-0.2, -0.15) is 0 Å². The second-order valence-corrected chi connectivity index (χ2v) is 11.6. The third-order valence-electron chi connectivity index (χ3n) is 11.1. The van der Waals surface area contributed by atoms with Crippen LogP contribution in [0.5, 0.6) is 0 Å². The summed E-state index contributed by atoms with van der Waals surface area (Å²) in [6.45, 7) is 4.63. The number of ether oxygens (including phenoxy) is 3. The van der Waals surface area contributed by atoms with Gasteiger partial charge in [-0.25, -0.2) is 0 Å². The average molecular weight is 438 g/mol. The van der Waals surface area contributed by atoms with E-state index in [9.17, 15) is 15.3 Å². The van der Waals surface area contributed by atoms with Crippen molar-refractivity contribution in [2.24, 2.45) is 40.4 Å². The summed E-state index contributed by atoms with van der Waals surface area (Å²) >= 11 is 0. The zero-order chi connectivity index (χ0) is 21.9. The predicted molar refractivity (Wildman–Crippen MR) is 112 cm³/mol. The fraction of sp³-hybridized carbons (Fsp3) is 1.00. The van der Waals surface area contributed by atoms with Gasteiger partial charge in [-0.3, -0.25) is 4.90 Å². The molecule has 6 fully saturated rings. The Morgan fingerprint density at radius 1 is 1.10 bits per heavy atom. The van der Waals surface area contributed by atoms with Gasteiger partial charge in [0.2, 0.25) is 0 Å². The van der Waals surface area contributed by atoms with Crippen LogP contribution in [-0.2, 0) is 14.2 Å². The highest BCUT2D eigenvalue weighted by molar-refractivity contribution is 5.35. The molecule has 1 spiro atoms. The minimum absolute atomic E-state index is 0.0248. The van der Waals surface area contributed by atoms with Crippen LogP contribution in [0.25, 0.3) is 0 Å². The van der Waals surface area contributed by atoms with Crippen molar-refractivity contribution in [1.82, 2.24) is 4.90 Å². The molecule has 7 nitrogen and oxygen atoms in total. The maximum atomic E-state index is 12.5. The van der Waals surface area contributed by atoms with E-state index in [4.69, 9.17) is 14.2 Å². The molecule has 5 aliphatic carbocycles. The Morgan fingerprint density at radius 2 is 1.87 bits per heavy atom. The molecule has 0 amide bonds. The van der Waals surface area contributed by atoms with E-state index in [0.717, 1.165) is 32.4 Å². The van der Waals surface area contributed by atoms with Gasteiger partial charge in [-0.1, -0.05) is 6.92 Å². The Bertz CT molecular complexity index is 752. The first-order valence-corrected chi connectivity index (χ1v) is 12.2. The van der Waals surface area contributed by atoms with E-state index in [1.807, 2.05) is 0 Å². The van der Waals surface area contributed by atoms with Gasteiger partial charge in [-0.15, -0.1) is 0 Å². The number of likely N-dealkylation sites (tertiary alicyclic amines) is 1. The molecule has 0 unspecified atom stereocenters. The lowest BCUT2D eigenvalue weighted by Crippen LogP contribution is -2.76. The smallest absolute Gasteiger partial charge is 0.0796 e. The third-order valence-corrected chi connectivity index (χ3v) is 11.1. The SMILES string of the molecule is CCN1C[C@@]2(COC)CC[C@H](O)[C@@]34[C@@H]5C[C@@H]6[C@H](O)[C@@H]5[C@@](O)(C[C@H]6OC)[C@@H]([C@H](OC)[C@@H]23)[C@@H]14. The van der Waals surface area contributed by atoms with Gasteiger partial charge in [0.05, 0.1) is 36.6 Å². The lowest BCUT2D eigenvalue weighted by molar-refractivity contribution is -0.272. The number of aliphatic hydroxyl groups excluding tert-OH is 2. The molecule has 3 N–H and O–H groups in total. The van der Waals surface area contributed by atoms with E-state index in [1.54, 1.807) is 21.3 Å². The van der Waals surface area contributed by atoms with Crippen LogP contribution < -0.4 is 0 Å². The molecule has 1 saturated heterocycles. The molecule has 0 aromatic carbocycles. The second kappa shape index (κ2) is 6.65. The van der Waals surface area contributed by atoms with Gasteiger partial charge in [-0.05, 0) is 31.7 Å². The average Bonchev–Trinajstić information content (AvgIpc) is 3.16. The van der Waals surface area contributed by atoms with E-state index in [2.05, 4.69) is 11.8 Å². The Labute approximate surface area is 185 Å². The standard InChI is InChI=1S/C24H39NO6/c1-5-25-10-22(11-29-2)7-6-15(26)24-13-8-12-14(30-3)9-23(28,16(13)18(12)27)17(21(24)25)19(31-4)20(22)24/h12-21,26-28H,5-11H2,1-4H3/t12-,13+,14+,15-,16+,17-,18-,19-,20-,21+,22+,23-,24-/m0/s1. The molecular weight excluding hydrogens is 398 g/mol. The summed E-state index contributed by atoms with van der Waals surface area (Å²) in [5, 5.41) is 35.7. The van der Waals surface area contributed by atoms with E-state index in [0.29, 0.717) is 13.0 Å². The van der Waals surface area contributed by atoms with Crippen LogP contribution in [0, 0.1) is 40.4 Å². The van der Waals surface area contributed by atoms with Crippen molar-refractivity contribution < 1.29 is 29.5 Å². The second-order valence-electron chi connectivity index (χ2n) is 11.6. The first kappa shape index (κ1) is 21.3. The Balaban J connectivity index is 1.62.